The molecule has 0 saturated carbocycles. The number of carbonyl (C=O) groups is 1. The molecule has 31 heavy (non-hydrogen) atoms. The lowest BCUT2D eigenvalue weighted by Gasteiger charge is -2.27. The molecule has 164 valence electrons. The number of unbranched alkanes of at least 4 members (excludes halogenated alkanes) is 1. The normalized spacial score (nSPS) is 17.7. The zero-order valence-corrected chi connectivity index (χ0v) is 18.8. The minimum atomic E-state index is -3.12. The Labute approximate surface area is 186 Å². The molecule has 0 N–H and O–H groups in total. The summed E-state index contributed by atoms with van der Waals surface area (Å²) in [5.41, 5.74) is 1.55. The third-order valence-corrected chi connectivity index (χ3v) is 7.40. The summed E-state index contributed by atoms with van der Waals surface area (Å²) in [6.07, 6.45) is 3.71. The fraction of sp³-hybridized carbons (Fsp3) is 0.364. The first-order chi connectivity index (χ1) is 14.9. The summed E-state index contributed by atoms with van der Waals surface area (Å²) in [5, 5.41) is 5.12. The van der Waals surface area contributed by atoms with Crippen molar-refractivity contribution < 1.29 is 17.6 Å². The second-order valence-corrected chi connectivity index (χ2v) is 10.4. The number of sulfone groups is 1. The van der Waals surface area contributed by atoms with Gasteiger partial charge in [0.05, 0.1) is 23.5 Å². The van der Waals surface area contributed by atoms with Crippen LogP contribution in [0.3, 0.4) is 0 Å². The van der Waals surface area contributed by atoms with E-state index in [1.807, 2.05) is 19.1 Å². The van der Waals surface area contributed by atoms with Crippen LogP contribution in [0.4, 0.5) is 0 Å². The molecule has 1 atom stereocenters. The predicted octanol–water partition coefficient (Wildman–Crippen LogP) is 4.22. The second-order valence-electron chi connectivity index (χ2n) is 7.69. The fourth-order valence-electron chi connectivity index (χ4n) is 3.84. The molecule has 0 spiro atoms. The van der Waals surface area contributed by atoms with Gasteiger partial charge in [0, 0.05) is 23.7 Å². The van der Waals surface area contributed by atoms with Gasteiger partial charge in [0.15, 0.2) is 21.3 Å². The Morgan fingerprint density at radius 3 is 2.77 bits per heavy atom. The van der Waals surface area contributed by atoms with Gasteiger partial charge in [-0.2, -0.15) is 5.10 Å². The summed E-state index contributed by atoms with van der Waals surface area (Å²) in [7, 11) is -3.12. The number of hydrogen-bond acceptors (Lipinski definition) is 5. The molecular formula is C22H24ClN3O4S. The Balaban J connectivity index is 1.73. The number of amides is 1. The van der Waals surface area contributed by atoms with Gasteiger partial charge in [-0.25, -0.2) is 13.1 Å². The number of carbonyl (C=O) groups excluding carboxylic acids is 1. The number of hydrogen-bond donors (Lipinski definition) is 0. The first-order valence-corrected chi connectivity index (χ1v) is 12.5. The summed E-state index contributed by atoms with van der Waals surface area (Å²) in [5.74, 6) is 0.407. The number of halogens is 1. The molecule has 2 aromatic heterocycles. The number of rotatable bonds is 7. The van der Waals surface area contributed by atoms with Crippen molar-refractivity contribution in [2.24, 2.45) is 0 Å². The molecule has 4 rings (SSSR count). The first kappa shape index (κ1) is 21.6. The molecule has 1 unspecified atom stereocenters. The first-order valence-electron chi connectivity index (χ1n) is 10.3. The zero-order valence-electron chi connectivity index (χ0n) is 17.2. The van der Waals surface area contributed by atoms with Crippen molar-refractivity contribution in [2.45, 2.75) is 32.2 Å². The zero-order chi connectivity index (χ0) is 22.0. The van der Waals surface area contributed by atoms with E-state index in [0.717, 1.165) is 12.8 Å². The van der Waals surface area contributed by atoms with E-state index in [1.54, 1.807) is 46.2 Å². The van der Waals surface area contributed by atoms with Gasteiger partial charge in [0.1, 0.15) is 5.69 Å². The van der Waals surface area contributed by atoms with Gasteiger partial charge in [-0.05, 0) is 43.2 Å². The van der Waals surface area contributed by atoms with E-state index in [1.165, 1.54) is 0 Å². The Kier molecular flexibility index (Phi) is 6.20. The van der Waals surface area contributed by atoms with E-state index in [0.29, 0.717) is 35.1 Å². The Hall–Kier alpha value is -2.58. The predicted molar refractivity (Wildman–Crippen MR) is 119 cm³/mol. The maximum Gasteiger partial charge on any atom is 0.274 e. The molecular weight excluding hydrogens is 438 g/mol. The van der Waals surface area contributed by atoms with Crippen LogP contribution < -0.4 is 0 Å². The minimum absolute atomic E-state index is 0.00248. The maximum absolute atomic E-state index is 13.5. The molecule has 1 fully saturated rings. The SMILES string of the molecule is CCCCN(C(=O)c1cc(-c2ccco2)n(-c2cccc(Cl)c2)n1)C1CCS(=O)(=O)C1. The van der Waals surface area contributed by atoms with Crippen molar-refractivity contribution in [2.75, 3.05) is 18.1 Å². The third-order valence-electron chi connectivity index (χ3n) is 5.42. The molecule has 0 radical (unpaired) electrons. The fourth-order valence-corrected chi connectivity index (χ4v) is 5.75. The van der Waals surface area contributed by atoms with Gasteiger partial charge in [-0.3, -0.25) is 4.79 Å². The van der Waals surface area contributed by atoms with E-state index < -0.39 is 9.84 Å². The van der Waals surface area contributed by atoms with Crippen LogP contribution in [0.15, 0.2) is 53.1 Å². The maximum atomic E-state index is 13.5. The van der Waals surface area contributed by atoms with E-state index in [-0.39, 0.29) is 29.1 Å². The summed E-state index contributed by atoms with van der Waals surface area (Å²) < 4.78 is 31.2. The second kappa shape index (κ2) is 8.88. The Morgan fingerprint density at radius 2 is 2.13 bits per heavy atom. The van der Waals surface area contributed by atoms with Crippen LogP contribution in [0.25, 0.3) is 17.1 Å². The highest BCUT2D eigenvalue weighted by molar-refractivity contribution is 7.91. The van der Waals surface area contributed by atoms with E-state index in [4.69, 9.17) is 16.0 Å². The third kappa shape index (κ3) is 4.70. The molecule has 0 aliphatic carbocycles. The monoisotopic (exact) mass is 461 g/mol. The molecule has 9 heteroatoms. The van der Waals surface area contributed by atoms with Crippen molar-refractivity contribution in [3.63, 3.8) is 0 Å². The lowest BCUT2D eigenvalue weighted by molar-refractivity contribution is 0.0687. The van der Waals surface area contributed by atoms with E-state index in [9.17, 15) is 13.2 Å². The van der Waals surface area contributed by atoms with Crippen LogP contribution in [-0.2, 0) is 9.84 Å². The van der Waals surface area contributed by atoms with Crippen LogP contribution in [0, 0.1) is 0 Å². The lowest BCUT2D eigenvalue weighted by Crippen LogP contribution is -2.42. The number of nitrogens with zero attached hydrogens (tertiary/aromatic N) is 3. The highest BCUT2D eigenvalue weighted by atomic mass is 35.5. The number of benzene rings is 1. The summed E-state index contributed by atoms with van der Waals surface area (Å²) in [6.45, 7) is 2.53. The highest BCUT2D eigenvalue weighted by Gasteiger charge is 2.35. The van der Waals surface area contributed by atoms with Crippen molar-refractivity contribution in [1.82, 2.24) is 14.7 Å². The van der Waals surface area contributed by atoms with Gasteiger partial charge >= 0.3 is 0 Å². The molecule has 1 aliphatic heterocycles. The minimum Gasteiger partial charge on any atom is -0.463 e. The van der Waals surface area contributed by atoms with Crippen molar-refractivity contribution in [3.05, 3.63) is 59.4 Å². The standard InChI is InChI=1S/C22H24ClN3O4S/c1-2-3-10-25(18-9-12-31(28,29)15-18)22(27)19-14-20(21-8-5-11-30-21)26(24-19)17-7-4-6-16(23)13-17/h4-8,11,13-14,18H,2-3,9-10,12,15H2,1H3. The van der Waals surface area contributed by atoms with Crippen LogP contribution >= 0.6 is 11.6 Å². The molecule has 3 aromatic rings. The Bertz CT molecular complexity index is 1170. The Morgan fingerprint density at radius 1 is 1.29 bits per heavy atom. The van der Waals surface area contributed by atoms with Crippen LogP contribution in [0.2, 0.25) is 5.02 Å². The average Bonchev–Trinajstić information content (AvgIpc) is 3.47. The smallest absolute Gasteiger partial charge is 0.274 e. The molecule has 1 saturated heterocycles. The summed E-state index contributed by atoms with van der Waals surface area (Å²) in [4.78, 5) is 15.2. The molecule has 1 aliphatic rings. The molecule has 0 bridgehead atoms. The summed E-state index contributed by atoms with van der Waals surface area (Å²) in [6, 6.07) is 12.1. The topological polar surface area (TPSA) is 85.4 Å². The molecule has 1 amide bonds. The van der Waals surface area contributed by atoms with Gasteiger partial charge in [0.25, 0.3) is 5.91 Å². The molecule has 1 aromatic carbocycles. The van der Waals surface area contributed by atoms with Gasteiger partial charge in [-0.15, -0.1) is 0 Å². The van der Waals surface area contributed by atoms with Crippen LogP contribution in [0.1, 0.15) is 36.7 Å². The van der Waals surface area contributed by atoms with Gasteiger partial charge in [-0.1, -0.05) is 31.0 Å². The largest absolute Gasteiger partial charge is 0.463 e. The highest BCUT2D eigenvalue weighted by Crippen LogP contribution is 2.27. The quantitative estimate of drug-likeness (QED) is 0.526. The number of furan rings is 1. The molecule has 3 heterocycles. The van der Waals surface area contributed by atoms with Gasteiger partial charge in [0.2, 0.25) is 0 Å². The van der Waals surface area contributed by atoms with Crippen molar-refractivity contribution in [1.29, 1.82) is 0 Å². The average molecular weight is 462 g/mol. The summed E-state index contributed by atoms with van der Waals surface area (Å²) >= 11 is 6.17. The van der Waals surface area contributed by atoms with Gasteiger partial charge < -0.3 is 9.32 Å². The lowest BCUT2D eigenvalue weighted by atomic mass is 10.1. The van der Waals surface area contributed by atoms with E-state index in [2.05, 4.69) is 5.10 Å². The van der Waals surface area contributed by atoms with Crippen molar-refractivity contribution in [3.8, 4) is 17.1 Å². The molecule has 7 nitrogen and oxygen atoms in total. The number of aromatic nitrogens is 2. The van der Waals surface area contributed by atoms with E-state index >= 15 is 0 Å². The van der Waals surface area contributed by atoms with Crippen LogP contribution in [0.5, 0.6) is 0 Å². The van der Waals surface area contributed by atoms with Crippen LogP contribution in [-0.4, -0.2) is 53.1 Å². The van der Waals surface area contributed by atoms with Crippen molar-refractivity contribution >= 4 is 27.3 Å².